The summed E-state index contributed by atoms with van der Waals surface area (Å²) >= 11 is 0. The van der Waals surface area contributed by atoms with Crippen molar-refractivity contribution in [2.24, 2.45) is 0 Å². The first-order valence-corrected chi connectivity index (χ1v) is 8.35. The minimum atomic E-state index is -1.03. The predicted molar refractivity (Wildman–Crippen MR) is 83.2 cm³/mol. The Morgan fingerprint density at radius 1 is 1.22 bits per heavy atom. The van der Waals surface area contributed by atoms with Gasteiger partial charge in [0.05, 0.1) is 12.6 Å². The molecule has 2 N–H and O–H groups in total. The van der Waals surface area contributed by atoms with Crippen LogP contribution >= 0.6 is 0 Å². The molecule has 23 heavy (non-hydrogen) atoms. The van der Waals surface area contributed by atoms with Gasteiger partial charge in [-0.2, -0.15) is 0 Å². The first kappa shape index (κ1) is 25.1. The SMILES string of the molecule is CCCCCCCCCC1=[N+](CC(=O)[O-])CCN1CCO.[Na+].[OH-]. The van der Waals surface area contributed by atoms with E-state index in [1.165, 1.54) is 38.5 Å². The summed E-state index contributed by atoms with van der Waals surface area (Å²) in [4.78, 5) is 12.9. The summed E-state index contributed by atoms with van der Waals surface area (Å²) in [7, 11) is 0. The van der Waals surface area contributed by atoms with Gasteiger partial charge in [-0.15, -0.1) is 0 Å². The molecule has 0 bridgehead atoms. The zero-order valence-corrected chi connectivity index (χ0v) is 16.8. The number of aliphatic hydroxyl groups excluding tert-OH is 1. The number of aliphatic hydroxyl groups is 1. The maximum atomic E-state index is 10.8. The van der Waals surface area contributed by atoms with E-state index >= 15 is 0 Å². The van der Waals surface area contributed by atoms with Crippen molar-refractivity contribution in [1.82, 2.24) is 4.90 Å². The number of amidine groups is 1. The van der Waals surface area contributed by atoms with Gasteiger partial charge in [-0.25, -0.2) is 0 Å². The maximum absolute atomic E-state index is 10.8. The van der Waals surface area contributed by atoms with Gasteiger partial charge in [0.25, 0.3) is 0 Å². The summed E-state index contributed by atoms with van der Waals surface area (Å²) in [6.45, 7) is 4.42. The summed E-state index contributed by atoms with van der Waals surface area (Å²) < 4.78 is 1.89. The van der Waals surface area contributed by atoms with E-state index < -0.39 is 5.97 Å². The topological polar surface area (TPSA) is 96.6 Å². The molecule has 0 fully saturated rings. The third-order valence-corrected chi connectivity index (χ3v) is 4.06. The Kier molecular flexibility index (Phi) is 16.8. The van der Waals surface area contributed by atoms with Crippen molar-refractivity contribution in [3.05, 3.63) is 0 Å². The fraction of sp³-hybridized carbons (Fsp3) is 0.875. The van der Waals surface area contributed by atoms with Gasteiger partial charge in [0.15, 0.2) is 0 Å². The Morgan fingerprint density at radius 2 is 1.83 bits per heavy atom. The minimum absolute atomic E-state index is 0. The number of β-amino-alcohol motifs (C(OH)–C–C–N with tert-alkyl or cyclic N) is 1. The number of carbonyl (C=O) groups is 1. The van der Waals surface area contributed by atoms with Crippen LogP contribution < -0.4 is 34.7 Å². The zero-order chi connectivity index (χ0) is 15.5. The van der Waals surface area contributed by atoms with Crippen LogP contribution in [0.25, 0.3) is 0 Å². The van der Waals surface area contributed by atoms with Crippen LogP contribution in [0.2, 0.25) is 0 Å². The van der Waals surface area contributed by atoms with Gasteiger partial charge >= 0.3 is 29.6 Å². The number of rotatable bonds is 12. The smallest absolute Gasteiger partial charge is 0.870 e. The molecule has 0 aliphatic carbocycles. The van der Waals surface area contributed by atoms with Crippen LogP contribution in [0.1, 0.15) is 58.3 Å². The number of hydrogen-bond acceptors (Lipinski definition) is 5. The third kappa shape index (κ3) is 10.4. The van der Waals surface area contributed by atoms with Gasteiger partial charge in [-0.3, -0.25) is 9.48 Å². The van der Waals surface area contributed by atoms with E-state index in [-0.39, 0.29) is 48.2 Å². The second-order valence-corrected chi connectivity index (χ2v) is 5.79. The molecule has 0 aromatic heterocycles. The molecular weight excluding hydrogens is 307 g/mol. The van der Waals surface area contributed by atoms with Crippen LogP contribution in [0.3, 0.4) is 0 Å². The Labute approximate surface area is 162 Å². The van der Waals surface area contributed by atoms with Crippen molar-refractivity contribution < 1.29 is 54.6 Å². The summed E-state index contributed by atoms with van der Waals surface area (Å²) in [5, 5.41) is 19.9. The van der Waals surface area contributed by atoms with Gasteiger partial charge < -0.3 is 20.5 Å². The molecule has 0 radical (unpaired) electrons. The van der Waals surface area contributed by atoms with Gasteiger partial charge in [0, 0.05) is 6.42 Å². The van der Waals surface area contributed by atoms with Crippen molar-refractivity contribution >= 4 is 11.8 Å². The average Bonchev–Trinajstić information content (AvgIpc) is 2.80. The van der Waals surface area contributed by atoms with Crippen molar-refractivity contribution in [1.29, 1.82) is 0 Å². The minimum Gasteiger partial charge on any atom is -0.870 e. The normalized spacial score (nSPS) is 13.7. The number of carboxylic acid groups (broad SMARTS) is 1. The van der Waals surface area contributed by atoms with Crippen LogP contribution in [0, 0.1) is 0 Å². The maximum Gasteiger partial charge on any atom is 1.00 e. The van der Waals surface area contributed by atoms with Gasteiger partial charge in [0.1, 0.15) is 26.2 Å². The van der Waals surface area contributed by atoms with E-state index in [9.17, 15) is 9.90 Å². The van der Waals surface area contributed by atoms with E-state index in [0.29, 0.717) is 6.54 Å². The molecule has 7 heteroatoms. The van der Waals surface area contributed by atoms with Gasteiger partial charge in [-0.05, 0) is 6.42 Å². The van der Waals surface area contributed by atoms with Gasteiger partial charge in [0.2, 0.25) is 5.84 Å². The quantitative estimate of drug-likeness (QED) is 0.240. The second-order valence-electron chi connectivity index (χ2n) is 5.79. The average molecular weight is 338 g/mol. The number of carbonyl (C=O) groups excluding carboxylic acids is 1. The number of carboxylic acids is 1. The molecule has 6 nitrogen and oxygen atoms in total. The first-order valence-electron chi connectivity index (χ1n) is 8.35. The van der Waals surface area contributed by atoms with Crippen molar-refractivity contribution in [2.75, 3.05) is 32.8 Å². The number of aliphatic carboxylic acids is 1. The van der Waals surface area contributed by atoms with Crippen molar-refractivity contribution in [3.63, 3.8) is 0 Å². The van der Waals surface area contributed by atoms with Crippen LogP contribution in [0.4, 0.5) is 0 Å². The van der Waals surface area contributed by atoms with E-state index in [0.717, 1.165) is 31.8 Å². The van der Waals surface area contributed by atoms with Crippen LogP contribution in [-0.2, 0) is 4.79 Å². The van der Waals surface area contributed by atoms with Crippen molar-refractivity contribution in [3.8, 4) is 0 Å². The number of nitrogens with zero attached hydrogens (tertiary/aromatic N) is 2. The standard InChI is InChI=1S/C16H30N2O3.Na.H2O/c1-2-3-4-5-6-7-8-9-15-17(12-13-19)10-11-18(15)14-16(20)21;;/h19H,2-14H2,1H3;;1H2/q;+1;/p-1. The fourth-order valence-corrected chi connectivity index (χ4v) is 2.94. The van der Waals surface area contributed by atoms with E-state index in [1.54, 1.807) is 0 Å². The second kappa shape index (κ2) is 15.4. The largest absolute Gasteiger partial charge is 1.00 e. The summed E-state index contributed by atoms with van der Waals surface area (Å²) in [6, 6.07) is 0. The Morgan fingerprint density at radius 3 is 2.39 bits per heavy atom. The molecule has 0 amide bonds. The molecule has 0 unspecified atom stereocenters. The molecule has 0 spiro atoms. The molecule has 0 saturated carbocycles. The van der Waals surface area contributed by atoms with E-state index in [2.05, 4.69) is 11.8 Å². The van der Waals surface area contributed by atoms with Gasteiger partial charge in [-0.1, -0.05) is 45.4 Å². The first-order chi connectivity index (χ1) is 10.2. The summed E-state index contributed by atoms with van der Waals surface area (Å²) in [6.07, 6.45) is 9.65. The molecule has 0 aromatic carbocycles. The Bertz CT molecular complexity index is 351. The molecule has 0 atom stereocenters. The summed E-state index contributed by atoms with van der Waals surface area (Å²) in [5.41, 5.74) is 0. The van der Waals surface area contributed by atoms with E-state index in [1.807, 2.05) is 4.58 Å². The molecule has 1 aliphatic rings. The van der Waals surface area contributed by atoms with Crippen LogP contribution in [-0.4, -0.2) is 64.6 Å². The van der Waals surface area contributed by atoms with Crippen LogP contribution in [0.5, 0.6) is 0 Å². The molecular formula is C16H31N2NaO4. The summed E-state index contributed by atoms with van der Waals surface area (Å²) in [5.74, 6) is 0.0414. The molecule has 130 valence electrons. The fourth-order valence-electron chi connectivity index (χ4n) is 2.94. The Hall–Kier alpha value is -0.140. The van der Waals surface area contributed by atoms with E-state index in [4.69, 9.17) is 5.11 Å². The monoisotopic (exact) mass is 338 g/mol. The third-order valence-electron chi connectivity index (χ3n) is 4.06. The number of hydrogen-bond donors (Lipinski definition) is 1. The molecule has 1 aliphatic heterocycles. The van der Waals surface area contributed by atoms with Crippen molar-refractivity contribution in [2.45, 2.75) is 58.3 Å². The molecule has 0 aromatic rings. The van der Waals surface area contributed by atoms with Crippen LogP contribution in [0.15, 0.2) is 0 Å². The molecule has 1 rings (SSSR count). The molecule has 1 heterocycles. The number of unbranched alkanes of at least 4 members (excludes halogenated alkanes) is 6. The zero-order valence-electron chi connectivity index (χ0n) is 14.8. The predicted octanol–water partition coefficient (Wildman–Crippen LogP) is -2.58. The Balaban J connectivity index is 0. The molecule has 0 saturated heterocycles.